The summed E-state index contributed by atoms with van der Waals surface area (Å²) < 4.78 is 0. The van der Waals surface area contributed by atoms with Crippen molar-refractivity contribution in [1.29, 1.82) is 0 Å². The number of nitrogens with zero attached hydrogens (tertiary/aromatic N) is 3. The van der Waals surface area contributed by atoms with E-state index in [1.54, 1.807) is 0 Å². The van der Waals surface area contributed by atoms with Crippen molar-refractivity contribution in [2.45, 2.75) is 57.8 Å². The fourth-order valence-corrected chi connectivity index (χ4v) is 14.7. The molecule has 3 heterocycles. The standard InChI is InChI=1S/C83H65N3/c1-81(2)72-32-19-33-73-78(72)86-79-74(81)50-60(54-34-42-64(43-35-54)84(62-24-9-7-10-25-62)66-46-38-58(39-47-66)70-30-17-22-56-20-13-15-28-68(56)70)52-76(79)83(5,6)77-53-61(51-75(80(77)86)82(73,3)4)55-36-44-65(45-37-55)85(63-26-11-8-12-27-63)67-48-40-59(41-49-67)71-31-18-23-57-21-14-16-29-69(57)71/h7-53H,1-6H3. The van der Waals surface area contributed by atoms with Crippen LogP contribution in [0.4, 0.5) is 51.2 Å². The molecule has 0 amide bonds. The van der Waals surface area contributed by atoms with Crippen LogP contribution in [0.5, 0.6) is 0 Å². The van der Waals surface area contributed by atoms with E-state index in [1.165, 1.54) is 116 Å². The Morgan fingerprint density at radius 1 is 0.233 bits per heavy atom. The molecule has 0 unspecified atom stereocenters. The van der Waals surface area contributed by atoms with Crippen LogP contribution in [0.15, 0.2) is 285 Å². The van der Waals surface area contributed by atoms with Crippen molar-refractivity contribution in [1.82, 2.24) is 0 Å². The van der Waals surface area contributed by atoms with Crippen molar-refractivity contribution in [3.8, 4) is 44.5 Å². The van der Waals surface area contributed by atoms with Gasteiger partial charge in [-0.2, -0.15) is 0 Å². The second-order valence-electron chi connectivity index (χ2n) is 25.3. The fraction of sp³-hybridized carbons (Fsp3) is 0.108. The highest BCUT2D eigenvalue weighted by Gasteiger charge is 2.52. The van der Waals surface area contributed by atoms with E-state index in [1.807, 2.05) is 0 Å². The van der Waals surface area contributed by atoms with E-state index in [9.17, 15) is 0 Å². The lowest BCUT2D eigenvalue weighted by Crippen LogP contribution is -2.43. The van der Waals surface area contributed by atoms with Crippen molar-refractivity contribution >= 4 is 72.7 Å². The molecule has 0 bridgehead atoms. The van der Waals surface area contributed by atoms with Crippen molar-refractivity contribution in [3.05, 3.63) is 318 Å². The van der Waals surface area contributed by atoms with Crippen LogP contribution >= 0.6 is 0 Å². The average Bonchev–Trinajstić information content (AvgIpc) is 0.677. The third-order valence-electron chi connectivity index (χ3n) is 19.4. The number of rotatable bonds is 10. The predicted molar refractivity (Wildman–Crippen MR) is 364 cm³/mol. The summed E-state index contributed by atoms with van der Waals surface area (Å²) in [6.45, 7) is 14.7. The zero-order chi connectivity index (χ0) is 58.1. The molecule has 13 aromatic rings. The van der Waals surface area contributed by atoms with Crippen LogP contribution in [0, 0.1) is 0 Å². The SMILES string of the molecule is CC1(C)c2cccc3c2N2c4c1cc(-c1ccc(N(c5ccccc5)c5ccc(-c6cccc7ccccc67)cc5)cc1)cc4C(C)(C)c1cc(-c4ccc(N(c5ccccc5)c5ccc(-c6cccc7ccccc67)cc5)cc4)cc(c12)C3(C)C. The number of hydrogen-bond acceptors (Lipinski definition) is 3. The van der Waals surface area contributed by atoms with Crippen molar-refractivity contribution < 1.29 is 0 Å². The van der Waals surface area contributed by atoms with Crippen LogP contribution < -0.4 is 14.7 Å². The van der Waals surface area contributed by atoms with Gasteiger partial charge in [-0.3, -0.25) is 0 Å². The zero-order valence-electron chi connectivity index (χ0n) is 49.5. The first-order valence-electron chi connectivity index (χ1n) is 30.3. The Hall–Kier alpha value is -10.2. The molecule has 0 radical (unpaired) electrons. The van der Waals surface area contributed by atoms with E-state index in [-0.39, 0.29) is 16.2 Å². The van der Waals surface area contributed by atoms with E-state index in [0.29, 0.717) is 0 Å². The molecule has 412 valence electrons. The Balaban J connectivity index is 0.782. The summed E-state index contributed by atoms with van der Waals surface area (Å²) in [5, 5.41) is 5.02. The molecule has 16 rings (SSSR count). The largest absolute Gasteiger partial charge is 0.311 e. The molecule has 0 aromatic heterocycles. The molecule has 3 heteroatoms. The van der Waals surface area contributed by atoms with Gasteiger partial charge in [0.2, 0.25) is 0 Å². The maximum atomic E-state index is 2.69. The third kappa shape index (κ3) is 7.95. The molecule has 3 aliphatic heterocycles. The van der Waals surface area contributed by atoms with Crippen LogP contribution in [-0.4, -0.2) is 0 Å². The molecule has 13 aromatic carbocycles. The van der Waals surface area contributed by atoms with Gasteiger partial charge in [0.15, 0.2) is 0 Å². The highest BCUT2D eigenvalue weighted by molar-refractivity contribution is 6.02. The summed E-state index contributed by atoms with van der Waals surface area (Å²) in [6.07, 6.45) is 0. The summed E-state index contributed by atoms with van der Waals surface area (Å²) in [7, 11) is 0. The lowest BCUT2D eigenvalue weighted by Gasteiger charge is -2.55. The first-order chi connectivity index (χ1) is 41.9. The maximum Gasteiger partial charge on any atom is 0.0544 e. The normalized spacial score (nSPS) is 14.4. The van der Waals surface area contributed by atoms with Gasteiger partial charge in [0.1, 0.15) is 0 Å². The third-order valence-corrected chi connectivity index (χ3v) is 19.4. The molecule has 0 spiro atoms. The van der Waals surface area contributed by atoms with Gasteiger partial charge >= 0.3 is 0 Å². The Morgan fingerprint density at radius 2 is 0.512 bits per heavy atom. The van der Waals surface area contributed by atoms with E-state index >= 15 is 0 Å². The monoisotopic (exact) mass is 1100 g/mol. The lowest BCUT2D eigenvalue weighted by molar-refractivity contribution is 0.567. The minimum Gasteiger partial charge on any atom is -0.311 e. The molecule has 0 aliphatic carbocycles. The molecule has 86 heavy (non-hydrogen) atoms. The fourth-order valence-electron chi connectivity index (χ4n) is 14.7. The Kier molecular flexibility index (Phi) is 11.6. The second-order valence-corrected chi connectivity index (χ2v) is 25.3. The highest BCUT2D eigenvalue weighted by atomic mass is 15.2. The van der Waals surface area contributed by atoms with Gasteiger partial charge in [-0.25, -0.2) is 0 Å². The number of para-hydroxylation sites is 3. The number of anilines is 9. The summed E-state index contributed by atoms with van der Waals surface area (Å²) in [4.78, 5) is 7.43. The van der Waals surface area contributed by atoms with Gasteiger partial charge in [0.05, 0.1) is 17.1 Å². The van der Waals surface area contributed by atoms with E-state index < -0.39 is 0 Å². The first-order valence-corrected chi connectivity index (χ1v) is 30.3. The molecule has 0 atom stereocenters. The van der Waals surface area contributed by atoms with Crippen LogP contribution in [0.25, 0.3) is 66.1 Å². The van der Waals surface area contributed by atoms with E-state index in [4.69, 9.17) is 0 Å². The van der Waals surface area contributed by atoms with Crippen LogP contribution in [0.1, 0.15) is 74.9 Å². The Morgan fingerprint density at radius 3 is 0.884 bits per heavy atom. The minimum atomic E-state index is -0.350. The van der Waals surface area contributed by atoms with Gasteiger partial charge in [-0.15, -0.1) is 0 Å². The number of hydrogen-bond donors (Lipinski definition) is 0. The summed E-state index contributed by atoms with van der Waals surface area (Å²) >= 11 is 0. The van der Waals surface area contributed by atoms with E-state index in [2.05, 4.69) is 341 Å². The summed E-state index contributed by atoms with van der Waals surface area (Å²) in [5.74, 6) is 0. The van der Waals surface area contributed by atoms with Gasteiger partial charge < -0.3 is 14.7 Å². The van der Waals surface area contributed by atoms with Gasteiger partial charge in [0, 0.05) is 50.4 Å². The predicted octanol–water partition coefficient (Wildman–Crippen LogP) is 23.0. The van der Waals surface area contributed by atoms with Crippen molar-refractivity contribution in [2.24, 2.45) is 0 Å². The van der Waals surface area contributed by atoms with Gasteiger partial charge in [-0.05, 0) is 196 Å². The summed E-state index contributed by atoms with van der Waals surface area (Å²) in [6, 6.07) is 106. The molecule has 0 fully saturated rings. The molecule has 3 nitrogen and oxygen atoms in total. The quantitative estimate of drug-likeness (QED) is 0.135. The molecule has 0 saturated heterocycles. The molecule has 0 N–H and O–H groups in total. The Labute approximate surface area is 505 Å². The Bertz CT molecular complexity index is 4490. The zero-order valence-corrected chi connectivity index (χ0v) is 49.5. The first kappa shape index (κ1) is 51.4. The smallest absolute Gasteiger partial charge is 0.0544 e. The van der Waals surface area contributed by atoms with Gasteiger partial charge in [-0.1, -0.05) is 230 Å². The topological polar surface area (TPSA) is 9.72 Å². The van der Waals surface area contributed by atoms with Crippen LogP contribution in [-0.2, 0) is 16.2 Å². The second kappa shape index (κ2) is 19.4. The van der Waals surface area contributed by atoms with Crippen LogP contribution in [0.3, 0.4) is 0 Å². The molecular formula is C83H65N3. The van der Waals surface area contributed by atoms with Crippen LogP contribution in [0.2, 0.25) is 0 Å². The number of benzene rings is 13. The average molecular weight is 1100 g/mol. The summed E-state index contributed by atoms with van der Waals surface area (Å²) in [5.41, 5.74) is 27.8. The van der Waals surface area contributed by atoms with Crippen molar-refractivity contribution in [2.75, 3.05) is 14.7 Å². The van der Waals surface area contributed by atoms with Crippen molar-refractivity contribution in [3.63, 3.8) is 0 Å². The van der Waals surface area contributed by atoms with E-state index in [0.717, 1.165) is 34.1 Å². The molecule has 0 saturated carbocycles. The maximum absolute atomic E-state index is 2.69. The van der Waals surface area contributed by atoms with Gasteiger partial charge in [0.25, 0.3) is 0 Å². The number of fused-ring (bicyclic) bond motifs is 2. The minimum absolute atomic E-state index is 0.264. The molecular weight excluding hydrogens is 1040 g/mol. The molecule has 3 aliphatic rings. The highest BCUT2D eigenvalue weighted by Crippen LogP contribution is 2.67. The lowest BCUT2D eigenvalue weighted by atomic mass is 9.60.